The highest BCUT2D eigenvalue weighted by atomic mass is 16.4. The van der Waals surface area contributed by atoms with Gasteiger partial charge in [-0.25, -0.2) is 0 Å². The van der Waals surface area contributed by atoms with E-state index in [1.165, 1.54) is 6.92 Å². The number of nitrogens with zero attached hydrogens (tertiary/aromatic N) is 1. The molecule has 1 saturated heterocycles. The molecule has 0 saturated carbocycles. The van der Waals surface area contributed by atoms with E-state index in [4.69, 9.17) is 5.11 Å². The Labute approximate surface area is 93.6 Å². The molecule has 1 unspecified atom stereocenters. The molecule has 2 atom stereocenters. The molecule has 2 amide bonds. The van der Waals surface area contributed by atoms with Crippen LogP contribution < -0.4 is 5.32 Å². The van der Waals surface area contributed by atoms with Crippen molar-refractivity contribution in [3.63, 3.8) is 0 Å². The summed E-state index contributed by atoms with van der Waals surface area (Å²) < 4.78 is 0. The molecule has 16 heavy (non-hydrogen) atoms. The van der Waals surface area contributed by atoms with Crippen LogP contribution >= 0.6 is 0 Å². The van der Waals surface area contributed by atoms with E-state index < -0.39 is 17.9 Å². The lowest BCUT2D eigenvalue weighted by Gasteiger charge is -2.15. The molecule has 1 aliphatic rings. The zero-order valence-corrected chi connectivity index (χ0v) is 9.40. The second-order valence-corrected chi connectivity index (χ2v) is 3.90. The summed E-state index contributed by atoms with van der Waals surface area (Å²) in [5.41, 5.74) is 0. The summed E-state index contributed by atoms with van der Waals surface area (Å²) in [6.07, 6.45) is 0.173. The van der Waals surface area contributed by atoms with Crippen LogP contribution in [0.1, 0.15) is 20.3 Å². The first-order chi connectivity index (χ1) is 7.45. The van der Waals surface area contributed by atoms with Crippen molar-refractivity contribution in [2.24, 2.45) is 5.92 Å². The number of carbonyl (C=O) groups excluding carboxylic acids is 2. The van der Waals surface area contributed by atoms with Crippen LogP contribution in [0.25, 0.3) is 0 Å². The zero-order valence-electron chi connectivity index (χ0n) is 9.40. The molecule has 0 bridgehead atoms. The fourth-order valence-electron chi connectivity index (χ4n) is 1.65. The van der Waals surface area contributed by atoms with Gasteiger partial charge in [0.1, 0.15) is 6.04 Å². The molecule has 1 aliphatic heterocycles. The number of carboxylic acids is 1. The molecule has 6 heteroatoms. The summed E-state index contributed by atoms with van der Waals surface area (Å²) in [7, 11) is 0. The molecule has 0 spiro atoms. The minimum atomic E-state index is -1.08. The summed E-state index contributed by atoms with van der Waals surface area (Å²) in [5, 5.41) is 11.0. The number of nitrogens with one attached hydrogen (secondary N) is 1. The highest BCUT2D eigenvalue weighted by Crippen LogP contribution is 2.17. The van der Waals surface area contributed by atoms with E-state index in [2.05, 4.69) is 5.32 Å². The zero-order chi connectivity index (χ0) is 12.3. The summed E-state index contributed by atoms with van der Waals surface area (Å²) in [6.45, 7) is 4.21. The van der Waals surface area contributed by atoms with Gasteiger partial charge in [-0.2, -0.15) is 0 Å². The Morgan fingerprint density at radius 3 is 2.69 bits per heavy atom. The van der Waals surface area contributed by atoms with E-state index in [-0.39, 0.29) is 18.2 Å². The molecule has 1 rings (SSSR count). The van der Waals surface area contributed by atoms with Gasteiger partial charge in [-0.1, -0.05) is 0 Å². The maximum atomic E-state index is 11.6. The van der Waals surface area contributed by atoms with Crippen LogP contribution in [-0.4, -0.2) is 46.9 Å². The number of aliphatic carboxylic acids is 1. The first-order valence-electron chi connectivity index (χ1n) is 5.26. The second kappa shape index (κ2) is 4.96. The minimum Gasteiger partial charge on any atom is -0.480 e. The predicted octanol–water partition coefficient (Wildman–Crippen LogP) is -0.556. The van der Waals surface area contributed by atoms with E-state index in [1.807, 2.05) is 6.92 Å². The monoisotopic (exact) mass is 228 g/mol. The second-order valence-electron chi connectivity index (χ2n) is 3.90. The molecule has 1 fully saturated rings. The number of hydrogen-bond donors (Lipinski definition) is 2. The lowest BCUT2D eigenvalue weighted by molar-refractivity contribution is -0.141. The van der Waals surface area contributed by atoms with Crippen molar-refractivity contribution in [2.45, 2.75) is 26.3 Å². The van der Waals surface area contributed by atoms with Gasteiger partial charge in [-0.3, -0.25) is 14.4 Å². The van der Waals surface area contributed by atoms with Crippen LogP contribution in [0.2, 0.25) is 0 Å². The predicted molar refractivity (Wildman–Crippen MR) is 55.6 cm³/mol. The number of carboxylic acid groups (broad SMARTS) is 1. The standard InChI is InChI=1S/C10H16N2O4/c1-3-12-5-7(4-8(12)13)9(14)11-6(2)10(15)16/h6-7H,3-5H2,1-2H3,(H,11,14)(H,15,16)/t6-,7?/m1/s1. The Morgan fingerprint density at radius 2 is 2.25 bits per heavy atom. The minimum absolute atomic E-state index is 0.0503. The van der Waals surface area contributed by atoms with Crippen LogP contribution in [0.15, 0.2) is 0 Å². The molecular weight excluding hydrogens is 212 g/mol. The fraction of sp³-hybridized carbons (Fsp3) is 0.700. The Hall–Kier alpha value is -1.59. The average molecular weight is 228 g/mol. The number of rotatable bonds is 4. The smallest absolute Gasteiger partial charge is 0.325 e. The topological polar surface area (TPSA) is 86.7 Å². The van der Waals surface area contributed by atoms with Crippen molar-refractivity contribution in [1.82, 2.24) is 10.2 Å². The molecule has 0 radical (unpaired) electrons. The van der Waals surface area contributed by atoms with Crippen LogP contribution in [0.4, 0.5) is 0 Å². The summed E-state index contributed by atoms with van der Waals surface area (Å²) in [6, 6.07) is -0.918. The van der Waals surface area contributed by atoms with E-state index >= 15 is 0 Å². The molecule has 0 aromatic heterocycles. The van der Waals surface area contributed by atoms with E-state index in [0.717, 1.165) is 0 Å². The van der Waals surface area contributed by atoms with Gasteiger partial charge in [0.05, 0.1) is 5.92 Å². The van der Waals surface area contributed by atoms with Gasteiger partial charge in [-0.15, -0.1) is 0 Å². The lowest BCUT2D eigenvalue weighted by Crippen LogP contribution is -2.42. The fourth-order valence-corrected chi connectivity index (χ4v) is 1.65. The number of amides is 2. The molecule has 2 N–H and O–H groups in total. The van der Waals surface area contributed by atoms with Crippen molar-refractivity contribution < 1.29 is 19.5 Å². The van der Waals surface area contributed by atoms with E-state index in [1.54, 1.807) is 4.90 Å². The SMILES string of the molecule is CCN1CC(C(=O)N[C@H](C)C(=O)O)CC1=O. The molecule has 6 nitrogen and oxygen atoms in total. The molecule has 0 aromatic rings. The van der Waals surface area contributed by atoms with Gasteiger partial charge in [-0.05, 0) is 13.8 Å². The summed E-state index contributed by atoms with van der Waals surface area (Å²) >= 11 is 0. The maximum absolute atomic E-state index is 11.6. The van der Waals surface area contributed by atoms with Gasteiger partial charge in [0.2, 0.25) is 11.8 Å². The first-order valence-corrected chi connectivity index (χ1v) is 5.26. The maximum Gasteiger partial charge on any atom is 0.325 e. The first kappa shape index (κ1) is 12.5. The number of hydrogen-bond acceptors (Lipinski definition) is 3. The summed E-state index contributed by atoms with van der Waals surface area (Å²) in [5.74, 6) is -1.91. The lowest BCUT2D eigenvalue weighted by atomic mass is 10.1. The van der Waals surface area contributed by atoms with Gasteiger partial charge in [0, 0.05) is 19.5 Å². The van der Waals surface area contributed by atoms with Crippen molar-refractivity contribution in [3.8, 4) is 0 Å². The average Bonchev–Trinajstić information content (AvgIpc) is 2.59. The van der Waals surface area contributed by atoms with E-state index in [9.17, 15) is 14.4 Å². The van der Waals surface area contributed by atoms with Crippen LogP contribution in [-0.2, 0) is 14.4 Å². The third-order valence-electron chi connectivity index (χ3n) is 2.70. The van der Waals surface area contributed by atoms with Gasteiger partial charge in [0.25, 0.3) is 0 Å². The van der Waals surface area contributed by atoms with Gasteiger partial charge < -0.3 is 15.3 Å². The molecule has 90 valence electrons. The van der Waals surface area contributed by atoms with Crippen molar-refractivity contribution in [3.05, 3.63) is 0 Å². The third-order valence-corrected chi connectivity index (χ3v) is 2.70. The largest absolute Gasteiger partial charge is 0.480 e. The quantitative estimate of drug-likeness (QED) is 0.675. The highest BCUT2D eigenvalue weighted by molar-refractivity contribution is 5.91. The van der Waals surface area contributed by atoms with Crippen molar-refractivity contribution in [1.29, 1.82) is 0 Å². The molecule has 1 heterocycles. The molecule has 0 aliphatic carbocycles. The van der Waals surface area contributed by atoms with Crippen LogP contribution in [0, 0.1) is 5.92 Å². The Kier molecular flexibility index (Phi) is 3.87. The van der Waals surface area contributed by atoms with Crippen LogP contribution in [0.3, 0.4) is 0 Å². The molecular formula is C10H16N2O4. The van der Waals surface area contributed by atoms with Crippen molar-refractivity contribution in [2.75, 3.05) is 13.1 Å². The van der Waals surface area contributed by atoms with Gasteiger partial charge >= 0.3 is 5.97 Å². The Balaban J connectivity index is 2.51. The summed E-state index contributed by atoms with van der Waals surface area (Å²) in [4.78, 5) is 35.1. The Morgan fingerprint density at radius 1 is 1.62 bits per heavy atom. The third kappa shape index (κ3) is 2.71. The normalized spacial score (nSPS) is 22.0. The van der Waals surface area contributed by atoms with Crippen molar-refractivity contribution >= 4 is 17.8 Å². The van der Waals surface area contributed by atoms with E-state index in [0.29, 0.717) is 13.1 Å². The van der Waals surface area contributed by atoms with Gasteiger partial charge in [0.15, 0.2) is 0 Å². The Bertz CT molecular complexity index is 316. The number of carbonyl (C=O) groups is 3. The van der Waals surface area contributed by atoms with Crippen LogP contribution in [0.5, 0.6) is 0 Å². The highest BCUT2D eigenvalue weighted by Gasteiger charge is 2.34. The molecule has 0 aromatic carbocycles. The number of likely N-dealkylation sites (tertiary alicyclic amines) is 1.